The fourth-order valence-electron chi connectivity index (χ4n) is 3.30. The highest BCUT2D eigenvalue weighted by Crippen LogP contribution is 2.35. The standard InChI is InChI=1S/C17H24N2O3/c1-17(2,3)22-16(20)19-11-13-9-14(19)10-18(13)12-5-7-15(21-4)8-6-12/h5-8,13-14H,9-11H2,1-4H3. The molecule has 2 bridgehead atoms. The van der Waals surface area contributed by atoms with Gasteiger partial charge in [-0.15, -0.1) is 0 Å². The average molecular weight is 304 g/mol. The van der Waals surface area contributed by atoms with Crippen LogP contribution in [0.3, 0.4) is 0 Å². The molecule has 0 aromatic heterocycles. The first-order chi connectivity index (χ1) is 10.4. The van der Waals surface area contributed by atoms with Crippen LogP contribution in [-0.4, -0.2) is 48.9 Å². The Labute approximate surface area is 131 Å². The van der Waals surface area contributed by atoms with Crippen molar-refractivity contribution in [1.29, 1.82) is 0 Å². The van der Waals surface area contributed by atoms with Crippen molar-refractivity contribution < 1.29 is 14.3 Å². The van der Waals surface area contributed by atoms with Gasteiger partial charge in [0.15, 0.2) is 0 Å². The van der Waals surface area contributed by atoms with Gasteiger partial charge >= 0.3 is 6.09 Å². The summed E-state index contributed by atoms with van der Waals surface area (Å²) in [6.07, 6.45) is 0.833. The lowest BCUT2D eigenvalue weighted by molar-refractivity contribution is 0.0215. The molecule has 2 heterocycles. The van der Waals surface area contributed by atoms with E-state index < -0.39 is 5.60 Å². The minimum absolute atomic E-state index is 0.186. The topological polar surface area (TPSA) is 42.0 Å². The van der Waals surface area contributed by atoms with Gasteiger partial charge in [-0.25, -0.2) is 4.79 Å². The number of likely N-dealkylation sites (tertiary alicyclic amines) is 1. The molecule has 0 radical (unpaired) electrons. The summed E-state index contributed by atoms with van der Waals surface area (Å²) >= 11 is 0. The largest absolute Gasteiger partial charge is 0.497 e. The van der Waals surface area contributed by atoms with Crippen LogP contribution in [0.1, 0.15) is 27.2 Å². The van der Waals surface area contributed by atoms with Gasteiger partial charge in [0, 0.05) is 24.8 Å². The summed E-state index contributed by atoms with van der Waals surface area (Å²) in [6.45, 7) is 7.33. The van der Waals surface area contributed by atoms with Gasteiger partial charge in [0.25, 0.3) is 0 Å². The molecule has 0 aliphatic carbocycles. The van der Waals surface area contributed by atoms with Crippen molar-refractivity contribution in [2.24, 2.45) is 0 Å². The van der Waals surface area contributed by atoms with E-state index in [2.05, 4.69) is 17.0 Å². The molecule has 2 fully saturated rings. The van der Waals surface area contributed by atoms with Crippen LogP contribution >= 0.6 is 0 Å². The lowest BCUT2D eigenvalue weighted by atomic mass is 10.2. The van der Waals surface area contributed by atoms with Crippen molar-refractivity contribution in [3.63, 3.8) is 0 Å². The minimum Gasteiger partial charge on any atom is -0.497 e. The summed E-state index contributed by atoms with van der Waals surface area (Å²) in [7, 11) is 1.67. The maximum absolute atomic E-state index is 12.2. The minimum atomic E-state index is -0.436. The Kier molecular flexibility index (Phi) is 3.67. The number of benzene rings is 1. The lowest BCUT2D eigenvalue weighted by Gasteiger charge is -2.36. The molecular weight excluding hydrogens is 280 g/mol. The SMILES string of the molecule is COc1ccc(N2CC3CC2CN3C(=O)OC(C)(C)C)cc1. The maximum atomic E-state index is 12.2. The van der Waals surface area contributed by atoms with E-state index in [0.717, 1.165) is 25.3 Å². The molecular formula is C17H24N2O3. The Hall–Kier alpha value is -1.91. The fourth-order valence-corrected chi connectivity index (χ4v) is 3.30. The summed E-state index contributed by atoms with van der Waals surface area (Å²) in [5.41, 5.74) is 0.756. The molecule has 1 aromatic rings. The number of carbonyl (C=O) groups excluding carboxylic acids is 1. The normalized spacial score (nSPS) is 23.8. The van der Waals surface area contributed by atoms with Gasteiger partial charge < -0.3 is 19.3 Å². The summed E-state index contributed by atoms with van der Waals surface area (Å²) < 4.78 is 10.7. The van der Waals surface area contributed by atoms with E-state index in [-0.39, 0.29) is 12.1 Å². The third-order valence-corrected chi connectivity index (χ3v) is 4.27. The number of piperazine rings is 1. The zero-order valence-corrected chi connectivity index (χ0v) is 13.7. The predicted octanol–water partition coefficient (Wildman–Crippen LogP) is 2.89. The second-order valence-electron chi connectivity index (χ2n) is 7.03. The van der Waals surface area contributed by atoms with Crippen molar-refractivity contribution >= 4 is 11.8 Å². The van der Waals surface area contributed by atoms with Gasteiger partial charge in [-0.2, -0.15) is 0 Å². The number of amides is 1. The van der Waals surface area contributed by atoms with Crippen LogP contribution in [0.4, 0.5) is 10.5 Å². The predicted molar refractivity (Wildman–Crippen MR) is 85.5 cm³/mol. The molecule has 22 heavy (non-hydrogen) atoms. The quantitative estimate of drug-likeness (QED) is 0.842. The van der Waals surface area contributed by atoms with Crippen molar-refractivity contribution in [1.82, 2.24) is 4.90 Å². The molecule has 2 atom stereocenters. The molecule has 2 aliphatic heterocycles. The van der Waals surface area contributed by atoms with Crippen LogP contribution in [-0.2, 0) is 4.74 Å². The highest BCUT2D eigenvalue weighted by atomic mass is 16.6. The first-order valence-corrected chi connectivity index (χ1v) is 7.78. The zero-order chi connectivity index (χ0) is 15.9. The van der Waals surface area contributed by atoms with Gasteiger partial charge in [-0.3, -0.25) is 0 Å². The van der Waals surface area contributed by atoms with E-state index >= 15 is 0 Å². The van der Waals surface area contributed by atoms with E-state index in [1.807, 2.05) is 37.8 Å². The molecule has 1 aromatic carbocycles. The third-order valence-electron chi connectivity index (χ3n) is 4.27. The van der Waals surface area contributed by atoms with Crippen LogP contribution < -0.4 is 9.64 Å². The Balaban J connectivity index is 1.65. The number of fused-ring (bicyclic) bond motifs is 2. The maximum Gasteiger partial charge on any atom is 0.410 e. The van der Waals surface area contributed by atoms with Gasteiger partial charge in [-0.05, 0) is 51.5 Å². The van der Waals surface area contributed by atoms with E-state index in [1.54, 1.807) is 7.11 Å². The number of carbonyl (C=O) groups is 1. The first-order valence-electron chi connectivity index (χ1n) is 7.78. The first kappa shape index (κ1) is 15.0. The average Bonchev–Trinajstić information content (AvgIpc) is 3.05. The van der Waals surface area contributed by atoms with Crippen molar-refractivity contribution in [3.8, 4) is 5.75 Å². The highest BCUT2D eigenvalue weighted by Gasteiger charge is 2.46. The number of anilines is 1. The number of ether oxygens (including phenoxy) is 2. The van der Waals surface area contributed by atoms with E-state index in [1.165, 1.54) is 5.69 Å². The van der Waals surface area contributed by atoms with Crippen LogP contribution in [0, 0.1) is 0 Å². The molecule has 5 nitrogen and oxygen atoms in total. The number of nitrogens with zero attached hydrogens (tertiary/aromatic N) is 2. The number of rotatable bonds is 2. The molecule has 3 rings (SSSR count). The molecule has 2 unspecified atom stereocenters. The van der Waals surface area contributed by atoms with E-state index in [9.17, 15) is 4.79 Å². The fraction of sp³-hybridized carbons (Fsp3) is 0.588. The van der Waals surface area contributed by atoms with Crippen molar-refractivity contribution in [2.75, 3.05) is 25.1 Å². The summed E-state index contributed by atoms with van der Waals surface area (Å²) in [5.74, 6) is 0.864. The summed E-state index contributed by atoms with van der Waals surface area (Å²) in [6, 6.07) is 8.75. The Bertz CT molecular complexity index is 550. The number of hydrogen-bond donors (Lipinski definition) is 0. The number of hydrogen-bond acceptors (Lipinski definition) is 4. The summed E-state index contributed by atoms with van der Waals surface area (Å²) in [4.78, 5) is 16.5. The van der Waals surface area contributed by atoms with Crippen LogP contribution in [0.25, 0.3) is 0 Å². The molecule has 2 saturated heterocycles. The van der Waals surface area contributed by atoms with Crippen LogP contribution in [0.2, 0.25) is 0 Å². The van der Waals surface area contributed by atoms with Crippen LogP contribution in [0.15, 0.2) is 24.3 Å². The molecule has 0 N–H and O–H groups in total. The van der Waals surface area contributed by atoms with Crippen molar-refractivity contribution in [2.45, 2.75) is 44.9 Å². The van der Waals surface area contributed by atoms with Crippen LogP contribution in [0.5, 0.6) is 5.75 Å². The van der Waals surface area contributed by atoms with Gasteiger partial charge in [0.05, 0.1) is 13.2 Å². The second-order valence-corrected chi connectivity index (χ2v) is 7.03. The molecule has 1 amide bonds. The molecule has 2 aliphatic rings. The second kappa shape index (κ2) is 5.38. The van der Waals surface area contributed by atoms with Gasteiger partial charge in [-0.1, -0.05) is 0 Å². The van der Waals surface area contributed by atoms with E-state index in [4.69, 9.17) is 9.47 Å². The lowest BCUT2D eigenvalue weighted by Crippen LogP contribution is -2.50. The zero-order valence-electron chi connectivity index (χ0n) is 13.7. The Morgan fingerprint density at radius 3 is 2.32 bits per heavy atom. The molecule has 0 spiro atoms. The van der Waals surface area contributed by atoms with Crippen molar-refractivity contribution in [3.05, 3.63) is 24.3 Å². The Morgan fingerprint density at radius 1 is 1.14 bits per heavy atom. The molecule has 120 valence electrons. The highest BCUT2D eigenvalue weighted by molar-refractivity contribution is 5.70. The third kappa shape index (κ3) is 2.85. The molecule has 5 heteroatoms. The van der Waals surface area contributed by atoms with Gasteiger partial charge in [0.1, 0.15) is 11.4 Å². The van der Waals surface area contributed by atoms with Gasteiger partial charge in [0.2, 0.25) is 0 Å². The molecule has 0 saturated carbocycles. The Morgan fingerprint density at radius 2 is 1.82 bits per heavy atom. The summed E-state index contributed by atoms with van der Waals surface area (Å²) in [5, 5.41) is 0. The monoisotopic (exact) mass is 304 g/mol. The van der Waals surface area contributed by atoms with E-state index in [0.29, 0.717) is 6.04 Å². The smallest absolute Gasteiger partial charge is 0.410 e. The number of methoxy groups -OCH3 is 1.